The zero-order valence-electron chi connectivity index (χ0n) is 13.1. The number of carbonyl (C=O) groups excluding carboxylic acids is 1. The highest BCUT2D eigenvalue weighted by molar-refractivity contribution is 7.09. The van der Waals surface area contributed by atoms with Crippen molar-refractivity contribution in [2.24, 2.45) is 5.41 Å². The molecule has 6 nitrogen and oxygen atoms in total. The lowest BCUT2D eigenvalue weighted by Crippen LogP contribution is -2.37. The van der Waals surface area contributed by atoms with Gasteiger partial charge in [-0.1, -0.05) is 0 Å². The summed E-state index contributed by atoms with van der Waals surface area (Å²) in [5.41, 5.74) is 0.740. The molecule has 1 spiro atoms. The molecule has 0 bridgehead atoms. The van der Waals surface area contributed by atoms with Gasteiger partial charge in [0.2, 0.25) is 11.9 Å². The Hall–Kier alpha value is -2.02. The Kier molecular flexibility index (Phi) is 3.52. The predicted molar refractivity (Wildman–Crippen MR) is 88.2 cm³/mol. The zero-order chi connectivity index (χ0) is 15.9. The quantitative estimate of drug-likeness (QED) is 0.860. The second-order valence-corrected chi connectivity index (χ2v) is 7.40. The van der Waals surface area contributed by atoms with Crippen LogP contribution in [-0.2, 0) is 11.3 Å². The molecule has 0 aliphatic carbocycles. The molecule has 120 valence electrons. The lowest BCUT2D eigenvalue weighted by Gasteiger charge is -2.23. The van der Waals surface area contributed by atoms with Gasteiger partial charge in [-0.3, -0.25) is 4.79 Å². The minimum atomic E-state index is -0.260. The van der Waals surface area contributed by atoms with E-state index in [0.717, 1.165) is 49.1 Å². The van der Waals surface area contributed by atoms with Crippen LogP contribution in [0.4, 0.5) is 5.95 Å². The maximum absolute atomic E-state index is 13.0. The number of aromatic nitrogens is 3. The molecule has 23 heavy (non-hydrogen) atoms. The minimum Gasteiger partial charge on any atom is -0.340 e. The van der Waals surface area contributed by atoms with E-state index in [9.17, 15) is 4.79 Å². The third-order valence-electron chi connectivity index (χ3n) is 4.81. The first-order chi connectivity index (χ1) is 11.2. The highest BCUT2D eigenvalue weighted by Crippen LogP contribution is 2.41. The lowest BCUT2D eigenvalue weighted by atomic mass is 9.85. The van der Waals surface area contributed by atoms with Gasteiger partial charge in [0.1, 0.15) is 0 Å². The van der Waals surface area contributed by atoms with Crippen molar-refractivity contribution < 1.29 is 4.79 Å². The van der Waals surface area contributed by atoms with Crippen LogP contribution in [-0.4, -0.2) is 45.4 Å². The van der Waals surface area contributed by atoms with Crippen LogP contribution in [0.5, 0.6) is 0 Å². The summed E-state index contributed by atoms with van der Waals surface area (Å²) in [6.45, 7) is 5.02. The Labute approximate surface area is 139 Å². The Morgan fingerprint density at radius 2 is 2.04 bits per heavy atom. The maximum Gasteiger partial charge on any atom is 0.231 e. The van der Waals surface area contributed by atoms with E-state index in [0.29, 0.717) is 6.54 Å². The summed E-state index contributed by atoms with van der Waals surface area (Å²) >= 11 is 1.64. The summed E-state index contributed by atoms with van der Waals surface area (Å²) in [5, 5.41) is 3.10. The molecular formula is C16H19N5OS. The first kappa shape index (κ1) is 14.6. The van der Waals surface area contributed by atoms with E-state index in [1.54, 1.807) is 23.7 Å². The third-order valence-corrected chi connectivity index (χ3v) is 5.63. The molecule has 0 radical (unpaired) electrons. The molecular weight excluding hydrogens is 310 g/mol. The Bertz CT molecular complexity index is 718. The summed E-state index contributed by atoms with van der Waals surface area (Å²) in [6.07, 6.45) is 5.30. The van der Waals surface area contributed by atoms with Crippen LogP contribution in [0.3, 0.4) is 0 Å². The molecule has 0 aromatic carbocycles. The van der Waals surface area contributed by atoms with Crippen molar-refractivity contribution in [1.29, 1.82) is 0 Å². The number of nitrogens with zero attached hydrogens (tertiary/aromatic N) is 5. The number of aryl methyl sites for hydroxylation is 1. The Balaban J connectivity index is 1.47. The summed E-state index contributed by atoms with van der Waals surface area (Å²) in [4.78, 5) is 30.1. The number of anilines is 1. The largest absolute Gasteiger partial charge is 0.340 e. The molecule has 1 atom stereocenters. The summed E-state index contributed by atoms with van der Waals surface area (Å²) in [6, 6.07) is 1.81. The van der Waals surface area contributed by atoms with E-state index >= 15 is 0 Å². The van der Waals surface area contributed by atoms with E-state index < -0.39 is 0 Å². The first-order valence-electron chi connectivity index (χ1n) is 7.89. The highest BCUT2D eigenvalue weighted by atomic mass is 32.1. The molecule has 2 aromatic heterocycles. The van der Waals surface area contributed by atoms with Gasteiger partial charge in [-0.25, -0.2) is 15.0 Å². The summed E-state index contributed by atoms with van der Waals surface area (Å²) in [5.74, 6) is 0.993. The van der Waals surface area contributed by atoms with Gasteiger partial charge < -0.3 is 9.80 Å². The number of carbonyl (C=O) groups is 1. The van der Waals surface area contributed by atoms with Crippen LogP contribution >= 0.6 is 11.3 Å². The maximum atomic E-state index is 13.0. The van der Waals surface area contributed by atoms with Crippen molar-refractivity contribution in [2.75, 3.05) is 24.5 Å². The fourth-order valence-electron chi connectivity index (χ4n) is 3.60. The molecule has 0 N–H and O–H groups in total. The summed E-state index contributed by atoms with van der Waals surface area (Å²) in [7, 11) is 0. The van der Waals surface area contributed by atoms with Crippen LogP contribution in [0.25, 0.3) is 0 Å². The van der Waals surface area contributed by atoms with Crippen LogP contribution in [0.15, 0.2) is 23.8 Å². The topological polar surface area (TPSA) is 62.2 Å². The number of rotatable bonds is 3. The van der Waals surface area contributed by atoms with Gasteiger partial charge in [-0.2, -0.15) is 0 Å². The van der Waals surface area contributed by atoms with E-state index in [4.69, 9.17) is 0 Å². The van der Waals surface area contributed by atoms with Crippen molar-refractivity contribution in [3.63, 3.8) is 0 Å². The predicted octanol–water partition coefficient (Wildman–Crippen LogP) is 1.87. The lowest BCUT2D eigenvalue weighted by molar-refractivity contribution is -0.135. The normalized spacial score (nSPS) is 24.1. The van der Waals surface area contributed by atoms with E-state index in [2.05, 4.69) is 19.9 Å². The van der Waals surface area contributed by atoms with Crippen molar-refractivity contribution in [3.8, 4) is 0 Å². The first-order valence-corrected chi connectivity index (χ1v) is 8.77. The molecule has 2 fully saturated rings. The second kappa shape index (κ2) is 5.56. The molecule has 2 aliphatic rings. The average Bonchev–Trinajstić information content (AvgIpc) is 3.26. The van der Waals surface area contributed by atoms with Gasteiger partial charge in [0.15, 0.2) is 0 Å². The van der Waals surface area contributed by atoms with Crippen molar-refractivity contribution in [3.05, 3.63) is 34.5 Å². The van der Waals surface area contributed by atoms with Gasteiger partial charge >= 0.3 is 0 Å². The molecule has 7 heteroatoms. The molecule has 4 heterocycles. The van der Waals surface area contributed by atoms with Gasteiger partial charge in [0, 0.05) is 37.4 Å². The number of hydrogen-bond acceptors (Lipinski definition) is 6. The van der Waals surface area contributed by atoms with Crippen molar-refractivity contribution in [1.82, 2.24) is 19.9 Å². The van der Waals surface area contributed by atoms with Crippen LogP contribution in [0.1, 0.15) is 23.5 Å². The van der Waals surface area contributed by atoms with E-state index in [-0.39, 0.29) is 11.3 Å². The SMILES string of the molecule is Cc1nc(CN2CCC3(CCN(c4ncccn4)C3)C2=O)cs1. The third kappa shape index (κ3) is 2.59. The van der Waals surface area contributed by atoms with E-state index in [1.807, 2.05) is 23.3 Å². The van der Waals surface area contributed by atoms with Gasteiger partial charge in [0.25, 0.3) is 0 Å². The molecule has 0 saturated carbocycles. The number of likely N-dealkylation sites (tertiary alicyclic amines) is 1. The van der Waals surface area contributed by atoms with Crippen LogP contribution in [0.2, 0.25) is 0 Å². The molecule has 1 amide bonds. The average molecular weight is 329 g/mol. The highest BCUT2D eigenvalue weighted by Gasteiger charge is 2.51. The molecule has 2 aromatic rings. The fraction of sp³-hybridized carbons (Fsp3) is 0.500. The fourth-order valence-corrected chi connectivity index (χ4v) is 4.20. The smallest absolute Gasteiger partial charge is 0.231 e. The Morgan fingerprint density at radius 3 is 2.78 bits per heavy atom. The van der Waals surface area contributed by atoms with Crippen LogP contribution in [0, 0.1) is 12.3 Å². The van der Waals surface area contributed by atoms with Gasteiger partial charge in [-0.15, -0.1) is 11.3 Å². The standard InChI is InChI=1S/C16H19N5OS/c1-12-19-13(10-23-12)9-20-7-3-16(14(20)22)4-8-21(11-16)15-17-5-2-6-18-15/h2,5-6,10H,3-4,7-9,11H2,1H3. The summed E-state index contributed by atoms with van der Waals surface area (Å²) < 4.78 is 0. The van der Waals surface area contributed by atoms with Gasteiger partial charge in [0.05, 0.1) is 22.7 Å². The van der Waals surface area contributed by atoms with Crippen LogP contribution < -0.4 is 4.90 Å². The molecule has 1 unspecified atom stereocenters. The monoisotopic (exact) mass is 329 g/mol. The molecule has 4 rings (SSSR count). The molecule has 2 saturated heterocycles. The van der Waals surface area contributed by atoms with Gasteiger partial charge in [-0.05, 0) is 25.8 Å². The zero-order valence-corrected chi connectivity index (χ0v) is 13.9. The van der Waals surface area contributed by atoms with E-state index in [1.165, 1.54) is 0 Å². The van der Waals surface area contributed by atoms with Crippen molar-refractivity contribution >= 4 is 23.2 Å². The number of hydrogen-bond donors (Lipinski definition) is 0. The molecule has 2 aliphatic heterocycles. The Morgan fingerprint density at radius 1 is 1.26 bits per heavy atom. The number of thiazole rings is 1. The van der Waals surface area contributed by atoms with Crippen molar-refractivity contribution in [2.45, 2.75) is 26.3 Å². The second-order valence-electron chi connectivity index (χ2n) is 6.34. The number of amides is 1. The minimum absolute atomic E-state index is 0.260.